The van der Waals surface area contributed by atoms with Crippen LogP contribution in [-0.4, -0.2) is 16.7 Å². The summed E-state index contributed by atoms with van der Waals surface area (Å²) in [7, 11) is 0. The molecular weight excluding hydrogens is 240 g/mol. The fraction of sp³-hybridized carbons (Fsp3) is 0.200. The third kappa shape index (κ3) is 3.31. The van der Waals surface area contributed by atoms with Gasteiger partial charge in [-0.05, 0) is 25.5 Å². The van der Waals surface area contributed by atoms with Gasteiger partial charge in [0.15, 0.2) is 5.78 Å². The van der Waals surface area contributed by atoms with Gasteiger partial charge in [-0.25, -0.2) is 0 Å². The Morgan fingerprint density at radius 3 is 2.68 bits per heavy atom. The van der Waals surface area contributed by atoms with Crippen LogP contribution in [0.25, 0.3) is 0 Å². The van der Waals surface area contributed by atoms with Gasteiger partial charge < -0.3 is 10.3 Å². The smallest absolute Gasteiger partial charge is 0.267 e. The Balaban J connectivity index is 1.99. The molecule has 0 saturated heterocycles. The van der Waals surface area contributed by atoms with Gasteiger partial charge in [-0.1, -0.05) is 29.8 Å². The molecule has 0 aliphatic rings. The molecule has 98 valence electrons. The standard InChI is InChI=1S/C15H16N2O2/c1-10-4-3-5-12(6-10)8-17-15(19)14-7-13(9-16-14)11(2)18/h3-7,9,16H,8H2,1-2H3,(H,17,19). The molecule has 0 fully saturated rings. The van der Waals surface area contributed by atoms with Gasteiger partial charge in [-0.3, -0.25) is 9.59 Å². The van der Waals surface area contributed by atoms with Crippen LogP contribution in [0.2, 0.25) is 0 Å². The summed E-state index contributed by atoms with van der Waals surface area (Å²) in [6.07, 6.45) is 1.55. The van der Waals surface area contributed by atoms with E-state index in [2.05, 4.69) is 10.3 Å². The first-order valence-electron chi connectivity index (χ1n) is 6.09. The number of ketones is 1. The number of aromatic amines is 1. The molecule has 1 aromatic heterocycles. The van der Waals surface area contributed by atoms with Crippen molar-refractivity contribution in [2.24, 2.45) is 0 Å². The van der Waals surface area contributed by atoms with E-state index in [1.54, 1.807) is 12.3 Å². The highest BCUT2D eigenvalue weighted by Crippen LogP contribution is 2.06. The molecule has 1 aromatic carbocycles. The first kappa shape index (κ1) is 13.1. The topological polar surface area (TPSA) is 62.0 Å². The first-order valence-corrected chi connectivity index (χ1v) is 6.09. The van der Waals surface area contributed by atoms with E-state index in [-0.39, 0.29) is 11.7 Å². The Bertz CT molecular complexity index is 614. The second-order valence-corrected chi connectivity index (χ2v) is 4.53. The number of benzene rings is 1. The Kier molecular flexibility index (Phi) is 3.80. The van der Waals surface area contributed by atoms with Crippen molar-refractivity contribution < 1.29 is 9.59 Å². The molecule has 2 N–H and O–H groups in total. The lowest BCUT2D eigenvalue weighted by Crippen LogP contribution is -2.23. The number of carbonyl (C=O) groups is 2. The van der Waals surface area contributed by atoms with Gasteiger partial charge in [0.2, 0.25) is 0 Å². The Hall–Kier alpha value is -2.36. The van der Waals surface area contributed by atoms with Crippen LogP contribution in [0.15, 0.2) is 36.5 Å². The number of H-pyrrole nitrogens is 1. The zero-order valence-electron chi connectivity index (χ0n) is 11.0. The van der Waals surface area contributed by atoms with Crippen molar-refractivity contribution in [3.63, 3.8) is 0 Å². The summed E-state index contributed by atoms with van der Waals surface area (Å²) in [5.41, 5.74) is 3.12. The second kappa shape index (κ2) is 5.52. The van der Waals surface area contributed by atoms with E-state index in [1.165, 1.54) is 6.92 Å². The molecule has 1 amide bonds. The molecule has 0 aliphatic heterocycles. The minimum Gasteiger partial charge on any atom is -0.356 e. The van der Waals surface area contributed by atoms with Crippen molar-refractivity contribution in [2.75, 3.05) is 0 Å². The van der Waals surface area contributed by atoms with Crippen LogP contribution >= 0.6 is 0 Å². The quantitative estimate of drug-likeness (QED) is 0.825. The Morgan fingerprint density at radius 2 is 2.05 bits per heavy atom. The molecule has 19 heavy (non-hydrogen) atoms. The fourth-order valence-electron chi connectivity index (χ4n) is 1.83. The minimum atomic E-state index is -0.214. The summed E-state index contributed by atoms with van der Waals surface area (Å²) in [5, 5.41) is 2.81. The van der Waals surface area contributed by atoms with E-state index < -0.39 is 0 Å². The van der Waals surface area contributed by atoms with E-state index in [9.17, 15) is 9.59 Å². The summed E-state index contributed by atoms with van der Waals surface area (Å²) in [6.45, 7) is 3.95. The number of Topliss-reactive ketones (excluding diaryl/α,β-unsaturated/α-hetero) is 1. The van der Waals surface area contributed by atoms with Crippen LogP contribution in [-0.2, 0) is 6.54 Å². The molecule has 4 nitrogen and oxygen atoms in total. The summed E-state index contributed by atoms with van der Waals surface area (Å²) < 4.78 is 0. The lowest BCUT2D eigenvalue weighted by atomic mass is 10.1. The van der Waals surface area contributed by atoms with Crippen LogP contribution in [0.3, 0.4) is 0 Å². The highest BCUT2D eigenvalue weighted by atomic mass is 16.2. The monoisotopic (exact) mass is 256 g/mol. The predicted molar refractivity (Wildman–Crippen MR) is 73.1 cm³/mol. The van der Waals surface area contributed by atoms with Gasteiger partial charge in [0.25, 0.3) is 5.91 Å². The maximum Gasteiger partial charge on any atom is 0.267 e. The number of hydrogen-bond donors (Lipinski definition) is 2. The second-order valence-electron chi connectivity index (χ2n) is 4.53. The summed E-state index contributed by atoms with van der Waals surface area (Å²) in [5.74, 6) is -0.275. The molecular formula is C15H16N2O2. The van der Waals surface area contributed by atoms with Crippen molar-refractivity contribution in [1.29, 1.82) is 0 Å². The number of amides is 1. The molecule has 0 aliphatic carbocycles. The average molecular weight is 256 g/mol. The fourth-order valence-corrected chi connectivity index (χ4v) is 1.83. The van der Waals surface area contributed by atoms with Gasteiger partial charge in [-0.15, -0.1) is 0 Å². The molecule has 1 heterocycles. The molecule has 0 radical (unpaired) electrons. The van der Waals surface area contributed by atoms with Gasteiger partial charge in [0.1, 0.15) is 5.69 Å². The van der Waals surface area contributed by atoms with Crippen molar-refractivity contribution in [3.8, 4) is 0 Å². The highest BCUT2D eigenvalue weighted by Gasteiger charge is 2.10. The average Bonchev–Trinajstić information content (AvgIpc) is 2.86. The number of hydrogen-bond acceptors (Lipinski definition) is 2. The molecule has 0 atom stereocenters. The normalized spacial score (nSPS) is 10.2. The third-order valence-electron chi connectivity index (χ3n) is 2.87. The maximum atomic E-state index is 11.9. The number of nitrogens with one attached hydrogen (secondary N) is 2. The first-order chi connectivity index (χ1) is 9.06. The van der Waals surface area contributed by atoms with Gasteiger partial charge in [0.05, 0.1) is 0 Å². The van der Waals surface area contributed by atoms with E-state index in [1.807, 2.05) is 31.2 Å². The van der Waals surface area contributed by atoms with Crippen LogP contribution < -0.4 is 5.32 Å². The molecule has 0 spiro atoms. The van der Waals surface area contributed by atoms with E-state index >= 15 is 0 Å². The van der Waals surface area contributed by atoms with Gasteiger partial charge >= 0.3 is 0 Å². The van der Waals surface area contributed by atoms with Crippen molar-refractivity contribution in [1.82, 2.24) is 10.3 Å². The largest absolute Gasteiger partial charge is 0.356 e. The zero-order valence-corrected chi connectivity index (χ0v) is 11.0. The van der Waals surface area contributed by atoms with Crippen molar-refractivity contribution in [3.05, 3.63) is 58.9 Å². The lowest BCUT2D eigenvalue weighted by Gasteiger charge is -2.04. The number of carbonyl (C=O) groups excluding carboxylic acids is 2. The van der Waals surface area contributed by atoms with Crippen LogP contribution in [0.1, 0.15) is 38.9 Å². The van der Waals surface area contributed by atoms with Crippen molar-refractivity contribution in [2.45, 2.75) is 20.4 Å². The summed E-state index contributed by atoms with van der Waals surface area (Å²) >= 11 is 0. The highest BCUT2D eigenvalue weighted by molar-refractivity contribution is 5.99. The van der Waals surface area contributed by atoms with E-state index in [0.29, 0.717) is 17.8 Å². The molecule has 2 rings (SSSR count). The summed E-state index contributed by atoms with van der Waals surface area (Å²) in [4.78, 5) is 25.8. The third-order valence-corrected chi connectivity index (χ3v) is 2.87. The van der Waals surface area contributed by atoms with E-state index in [0.717, 1.165) is 11.1 Å². The zero-order chi connectivity index (χ0) is 13.8. The lowest BCUT2D eigenvalue weighted by molar-refractivity contribution is 0.0946. The predicted octanol–water partition coefficient (Wildman–Crippen LogP) is 2.46. The van der Waals surface area contributed by atoms with Crippen molar-refractivity contribution >= 4 is 11.7 Å². The van der Waals surface area contributed by atoms with Gasteiger partial charge in [0, 0.05) is 18.3 Å². The number of rotatable bonds is 4. The molecule has 0 saturated carbocycles. The Labute approximate surface area is 111 Å². The minimum absolute atomic E-state index is 0.0611. The molecule has 0 bridgehead atoms. The van der Waals surface area contributed by atoms with E-state index in [4.69, 9.17) is 0 Å². The SMILES string of the molecule is CC(=O)c1c[nH]c(C(=O)NCc2cccc(C)c2)c1. The maximum absolute atomic E-state index is 11.9. The number of aryl methyl sites for hydroxylation is 1. The Morgan fingerprint density at radius 1 is 1.26 bits per heavy atom. The van der Waals surface area contributed by atoms with Gasteiger partial charge in [-0.2, -0.15) is 0 Å². The molecule has 4 heteroatoms. The van der Waals surface area contributed by atoms with Crippen LogP contribution in [0.4, 0.5) is 0 Å². The molecule has 2 aromatic rings. The van der Waals surface area contributed by atoms with Crippen LogP contribution in [0.5, 0.6) is 0 Å². The number of aromatic nitrogens is 1. The molecule has 0 unspecified atom stereocenters. The van der Waals surface area contributed by atoms with Crippen LogP contribution in [0, 0.1) is 6.92 Å². The summed E-state index contributed by atoms with van der Waals surface area (Å²) in [6, 6.07) is 9.52.